The molecular formula is C18H32. The zero-order chi connectivity index (χ0) is 13.0. The Kier molecular flexibility index (Phi) is 2.89. The van der Waals surface area contributed by atoms with Crippen molar-refractivity contribution in [3.05, 3.63) is 0 Å². The van der Waals surface area contributed by atoms with Gasteiger partial charge < -0.3 is 0 Å². The third kappa shape index (κ3) is 1.44. The van der Waals surface area contributed by atoms with Gasteiger partial charge in [-0.2, -0.15) is 0 Å². The minimum atomic E-state index is 0.637. The van der Waals surface area contributed by atoms with Crippen LogP contribution >= 0.6 is 0 Å². The van der Waals surface area contributed by atoms with Crippen LogP contribution in [0.4, 0.5) is 0 Å². The van der Waals surface area contributed by atoms with Gasteiger partial charge in [-0.1, -0.05) is 40.5 Å². The van der Waals surface area contributed by atoms with Gasteiger partial charge in [-0.05, 0) is 73.0 Å². The summed E-state index contributed by atoms with van der Waals surface area (Å²) in [6, 6.07) is 0. The van der Waals surface area contributed by atoms with Gasteiger partial charge in [0.2, 0.25) is 0 Å². The summed E-state index contributed by atoms with van der Waals surface area (Å²) in [5, 5.41) is 0. The average molecular weight is 248 g/mol. The smallest absolute Gasteiger partial charge is 0.0215 e. The Labute approximate surface area is 114 Å². The molecule has 0 spiro atoms. The van der Waals surface area contributed by atoms with Crippen LogP contribution in [0.25, 0.3) is 0 Å². The molecule has 0 aromatic rings. The molecule has 3 unspecified atom stereocenters. The third-order valence-electron chi connectivity index (χ3n) is 7.49. The van der Waals surface area contributed by atoms with E-state index in [9.17, 15) is 0 Å². The van der Waals surface area contributed by atoms with E-state index in [1.807, 2.05) is 0 Å². The molecule has 4 saturated carbocycles. The van der Waals surface area contributed by atoms with E-state index < -0.39 is 0 Å². The minimum Gasteiger partial charge on any atom is -0.0654 e. The van der Waals surface area contributed by atoms with E-state index in [1.54, 1.807) is 32.1 Å². The van der Waals surface area contributed by atoms with Crippen molar-refractivity contribution in [3.8, 4) is 0 Å². The largest absolute Gasteiger partial charge is 0.0654 e. The minimum absolute atomic E-state index is 0.637. The lowest BCUT2D eigenvalue weighted by atomic mass is 9.33. The van der Waals surface area contributed by atoms with Crippen molar-refractivity contribution in [2.75, 3.05) is 0 Å². The van der Waals surface area contributed by atoms with Crippen molar-refractivity contribution < 1.29 is 0 Å². The van der Waals surface area contributed by atoms with Crippen molar-refractivity contribution in [3.63, 3.8) is 0 Å². The first-order valence-corrected chi connectivity index (χ1v) is 8.49. The highest BCUT2D eigenvalue weighted by Crippen LogP contribution is 2.75. The van der Waals surface area contributed by atoms with E-state index in [0.717, 1.165) is 17.3 Å². The predicted molar refractivity (Wildman–Crippen MR) is 78.5 cm³/mol. The topological polar surface area (TPSA) is 0 Å². The Morgan fingerprint density at radius 3 is 1.89 bits per heavy atom. The summed E-state index contributed by atoms with van der Waals surface area (Å²) in [5.74, 6) is 2.16. The zero-order valence-electron chi connectivity index (χ0n) is 13.0. The monoisotopic (exact) mass is 248 g/mol. The number of rotatable bonds is 4. The van der Waals surface area contributed by atoms with Crippen LogP contribution in [0.5, 0.6) is 0 Å². The van der Waals surface area contributed by atoms with Crippen LogP contribution < -0.4 is 0 Å². The quantitative estimate of drug-likeness (QED) is 0.589. The normalized spacial score (nSPS) is 54.0. The lowest BCUT2D eigenvalue weighted by Gasteiger charge is -2.72. The maximum Gasteiger partial charge on any atom is -0.0215 e. The maximum absolute atomic E-state index is 2.68. The van der Waals surface area contributed by atoms with Crippen LogP contribution in [0, 0.1) is 28.1 Å². The van der Waals surface area contributed by atoms with Gasteiger partial charge in [0, 0.05) is 0 Å². The molecular weight excluding hydrogens is 216 g/mol. The summed E-state index contributed by atoms with van der Waals surface area (Å²) in [4.78, 5) is 0. The first kappa shape index (κ1) is 13.0. The van der Waals surface area contributed by atoms with Crippen LogP contribution in [-0.4, -0.2) is 0 Å². The van der Waals surface area contributed by atoms with E-state index in [0.29, 0.717) is 10.8 Å². The first-order chi connectivity index (χ1) is 8.49. The van der Waals surface area contributed by atoms with Gasteiger partial charge in [-0.25, -0.2) is 0 Å². The summed E-state index contributed by atoms with van der Waals surface area (Å²) in [7, 11) is 0. The molecule has 0 saturated heterocycles. The van der Waals surface area contributed by atoms with E-state index >= 15 is 0 Å². The molecule has 3 atom stereocenters. The molecule has 4 rings (SSSR count). The fourth-order valence-electron chi connectivity index (χ4n) is 7.06. The van der Waals surface area contributed by atoms with Crippen LogP contribution in [-0.2, 0) is 0 Å². The molecule has 0 aliphatic heterocycles. The van der Waals surface area contributed by atoms with E-state index in [4.69, 9.17) is 0 Å². The Balaban J connectivity index is 2.03. The maximum atomic E-state index is 2.68. The molecule has 0 heteroatoms. The molecule has 18 heavy (non-hydrogen) atoms. The molecule has 0 aromatic heterocycles. The fourth-order valence-corrected chi connectivity index (χ4v) is 7.06. The van der Waals surface area contributed by atoms with Crippen LogP contribution in [0.2, 0.25) is 0 Å². The third-order valence-corrected chi connectivity index (χ3v) is 7.49. The highest BCUT2D eigenvalue weighted by atomic mass is 14.7. The first-order valence-electron chi connectivity index (χ1n) is 8.49. The highest BCUT2D eigenvalue weighted by Gasteiger charge is 2.66. The molecule has 4 aliphatic carbocycles. The summed E-state index contributed by atoms with van der Waals surface area (Å²) >= 11 is 0. The lowest BCUT2D eigenvalue weighted by molar-refractivity contribution is -0.224. The van der Waals surface area contributed by atoms with Crippen molar-refractivity contribution in [1.29, 1.82) is 0 Å². The van der Waals surface area contributed by atoms with Gasteiger partial charge in [0.15, 0.2) is 0 Å². The van der Waals surface area contributed by atoms with Gasteiger partial charge in [0.05, 0.1) is 0 Å². The molecule has 0 amide bonds. The highest BCUT2D eigenvalue weighted by molar-refractivity contribution is 5.16. The second kappa shape index (κ2) is 4.00. The molecule has 0 radical (unpaired) electrons. The van der Waals surface area contributed by atoms with Gasteiger partial charge in [0.1, 0.15) is 0 Å². The van der Waals surface area contributed by atoms with Crippen LogP contribution in [0.15, 0.2) is 0 Å². The van der Waals surface area contributed by atoms with Crippen molar-refractivity contribution in [2.45, 2.75) is 85.5 Å². The summed E-state index contributed by atoms with van der Waals surface area (Å²) in [5.41, 5.74) is 2.02. The molecule has 0 heterocycles. The standard InChI is InChI=1S/C18H32/c1-5-7-17(4)16(3)10-14-9-15(11-16)13-18(17,12-14)8-6-2/h14-15H,5-13H2,1-4H3. The second-order valence-corrected chi connectivity index (χ2v) is 8.46. The molecule has 104 valence electrons. The van der Waals surface area contributed by atoms with Crippen molar-refractivity contribution in [2.24, 2.45) is 28.1 Å². The molecule has 4 bridgehead atoms. The lowest BCUT2D eigenvalue weighted by Crippen LogP contribution is -2.63. The van der Waals surface area contributed by atoms with Gasteiger partial charge in [0.25, 0.3) is 0 Å². The van der Waals surface area contributed by atoms with Gasteiger partial charge in [-0.15, -0.1) is 0 Å². The molecule has 0 N–H and O–H groups in total. The average Bonchev–Trinajstić information content (AvgIpc) is 2.25. The van der Waals surface area contributed by atoms with Crippen molar-refractivity contribution >= 4 is 0 Å². The van der Waals surface area contributed by atoms with Gasteiger partial charge >= 0.3 is 0 Å². The fraction of sp³-hybridized carbons (Fsp3) is 1.00. The van der Waals surface area contributed by atoms with E-state index in [2.05, 4.69) is 27.7 Å². The van der Waals surface area contributed by atoms with E-state index in [1.165, 1.54) is 25.7 Å². The second-order valence-electron chi connectivity index (χ2n) is 8.46. The van der Waals surface area contributed by atoms with Crippen LogP contribution in [0.3, 0.4) is 0 Å². The number of hydrogen-bond acceptors (Lipinski definition) is 0. The Bertz CT molecular complexity index is 315. The summed E-state index contributed by atoms with van der Waals surface area (Å²) in [6.45, 7) is 10.2. The van der Waals surface area contributed by atoms with Crippen molar-refractivity contribution in [1.82, 2.24) is 0 Å². The van der Waals surface area contributed by atoms with Gasteiger partial charge in [-0.3, -0.25) is 0 Å². The summed E-state index contributed by atoms with van der Waals surface area (Å²) < 4.78 is 0. The Morgan fingerprint density at radius 1 is 0.833 bits per heavy atom. The zero-order valence-corrected chi connectivity index (χ0v) is 13.0. The molecule has 4 fully saturated rings. The van der Waals surface area contributed by atoms with Crippen LogP contribution in [0.1, 0.15) is 85.5 Å². The van der Waals surface area contributed by atoms with E-state index in [-0.39, 0.29) is 0 Å². The molecule has 0 nitrogen and oxygen atoms in total. The molecule has 0 aromatic carbocycles. The number of hydrogen-bond donors (Lipinski definition) is 0. The SMILES string of the molecule is CCCC12CC3CC(CC(C)(C3)C1(C)CCC)C2. The Hall–Kier alpha value is 0. The molecule has 4 aliphatic rings. The summed E-state index contributed by atoms with van der Waals surface area (Å²) in [6.07, 6.45) is 13.6. The Morgan fingerprint density at radius 2 is 1.39 bits per heavy atom. The predicted octanol–water partition coefficient (Wildman–Crippen LogP) is 5.81.